The van der Waals surface area contributed by atoms with E-state index in [4.69, 9.17) is 10.5 Å². The Bertz CT molecular complexity index is 623. The van der Waals surface area contributed by atoms with Crippen molar-refractivity contribution < 1.29 is 4.74 Å². The van der Waals surface area contributed by atoms with Gasteiger partial charge in [0.15, 0.2) is 0 Å². The Morgan fingerprint density at radius 2 is 2.24 bits per heavy atom. The number of nitrogen functional groups attached to an aromatic ring is 1. The highest BCUT2D eigenvalue weighted by Crippen LogP contribution is 2.37. The highest BCUT2D eigenvalue weighted by molar-refractivity contribution is 7.10. The molecule has 1 aliphatic rings. The van der Waals surface area contributed by atoms with Crippen LogP contribution in [0, 0.1) is 0 Å². The number of benzene rings is 1. The van der Waals surface area contributed by atoms with E-state index in [9.17, 15) is 0 Å². The van der Waals surface area contributed by atoms with Crippen molar-refractivity contribution in [2.45, 2.75) is 32.7 Å². The van der Waals surface area contributed by atoms with Crippen molar-refractivity contribution >= 4 is 22.7 Å². The molecule has 1 unspecified atom stereocenters. The van der Waals surface area contributed by atoms with Crippen LogP contribution < -0.4 is 15.4 Å². The summed E-state index contributed by atoms with van der Waals surface area (Å²) in [6.45, 7) is 6.14. The molecule has 1 atom stereocenters. The first-order valence-electron chi connectivity index (χ1n) is 7.55. The van der Waals surface area contributed by atoms with Crippen LogP contribution in [0.1, 0.15) is 36.8 Å². The van der Waals surface area contributed by atoms with Crippen molar-refractivity contribution in [3.05, 3.63) is 40.1 Å². The van der Waals surface area contributed by atoms with Gasteiger partial charge in [0, 0.05) is 34.9 Å². The Balaban J connectivity index is 1.88. The fraction of sp³-hybridized carbons (Fsp3) is 0.412. The standard InChI is InChI=1S/C17H22N2OS/c1-3-7-20-15-10-13(18)9-14(11-15)19-6-4-17-16(12(19)2)5-8-21-17/h5,8-12H,3-4,6-7,18H2,1-2H3. The zero-order valence-electron chi connectivity index (χ0n) is 12.6. The fourth-order valence-corrected chi connectivity index (χ4v) is 3.90. The van der Waals surface area contributed by atoms with Gasteiger partial charge in [-0.3, -0.25) is 0 Å². The molecule has 2 heterocycles. The largest absolute Gasteiger partial charge is 0.493 e. The molecule has 4 heteroatoms. The third kappa shape index (κ3) is 2.86. The Hall–Kier alpha value is -1.68. The summed E-state index contributed by atoms with van der Waals surface area (Å²) in [6, 6.07) is 8.70. The number of hydrogen-bond acceptors (Lipinski definition) is 4. The molecule has 0 saturated carbocycles. The van der Waals surface area contributed by atoms with Crippen LogP contribution >= 0.6 is 11.3 Å². The molecule has 112 valence electrons. The maximum absolute atomic E-state index is 6.05. The quantitative estimate of drug-likeness (QED) is 0.858. The summed E-state index contributed by atoms with van der Waals surface area (Å²) < 4.78 is 5.75. The molecule has 3 nitrogen and oxygen atoms in total. The van der Waals surface area contributed by atoms with Gasteiger partial charge in [-0.1, -0.05) is 6.92 Å². The summed E-state index contributed by atoms with van der Waals surface area (Å²) in [5.74, 6) is 0.871. The average molecular weight is 302 g/mol. The second-order valence-electron chi connectivity index (χ2n) is 5.53. The molecule has 0 saturated heterocycles. The summed E-state index contributed by atoms with van der Waals surface area (Å²) in [4.78, 5) is 3.94. The molecule has 0 bridgehead atoms. The third-order valence-corrected chi connectivity index (χ3v) is 4.99. The topological polar surface area (TPSA) is 38.5 Å². The number of thiophene rings is 1. The van der Waals surface area contributed by atoms with Gasteiger partial charge in [-0.05, 0) is 42.8 Å². The van der Waals surface area contributed by atoms with Gasteiger partial charge in [-0.15, -0.1) is 11.3 Å². The molecular formula is C17H22N2OS. The van der Waals surface area contributed by atoms with E-state index in [-0.39, 0.29) is 0 Å². The van der Waals surface area contributed by atoms with Gasteiger partial charge in [0.1, 0.15) is 5.75 Å². The van der Waals surface area contributed by atoms with Crippen molar-refractivity contribution in [1.29, 1.82) is 0 Å². The molecule has 1 aliphatic heterocycles. The van der Waals surface area contributed by atoms with E-state index in [0.717, 1.165) is 43.1 Å². The van der Waals surface area contributed by atoms with E-state index < -0.39 is 0 Å². The minimum absolute atomic E-state index is 0.390. The first kappa shape index (κ1) is 14.3. The van der Waals surface area contributed by atoms with Gasteiger partial charge in [0.2, 0.25) is 0 Å². The van der Waals surface area contributed by atoms with Crippen molar-refractivity contribution in [1.82, 2.24) is 0 Å². The molecule has 0 fully saturated rings. The average Bonchev–Trinajstić information content (AvgIpc) is 2.94. The van der Waals surface area contributed by atoms with E-state index in [1.165, 1.54) is 10.4 Å². The number of hydrogen-bond donors (Lipinski definition) is 1. The molecule has 2 aromatic rings. The maximum atomic E-state index is 6.05. The highest BCUT2D eigenvalue weighted by atomic mass is 32.1. The minimum Gasteiger partial charge on any atom is -0.493 e. The Morgan fingerprint density at radius 3 is 3.05 bits per heavy atom. The Kier molecular flexibility index (Phi) is 4.06. The Morgan fingerprint density at radius 1 is 1.38 bits per heavy atom. The number of ether oxygens (including phenoxy) is 1. The molecule has 0 amide bonds. The van der Waals surface area contributed by atoms with Gasteiger partial charge in [0.05, 0.1) is 12.6 Å². The molecule has 0 spiro atoms. The van der Waals surface area contributed by atoms with Crippen LogP contribution in [0.4, 0.5) is 11.4 Å². The molecule has 21 heavy (non-hydrogen) atoms. The number of nitrogens with zero attached hydrogens (tertiary/aromatic N) is 1. The Labute approximate surface area is 130 Å². The van der Waals surface area contributed by atoms with E-state index in [2.05, 4.69) is 36.3 Å². The van der Waals surface area contributed by atoms with Crippen molar-refractivity contribution in [2.24, 2.45) is 0 Å². The van der Waals surface area contributed by atoms with Gasteiger partial charge in [-0.25, -0.2) is 0 Å². The lowest BCUT2D eigenvalue weighted by Crippen LogP contribution is -2.33. The van der Waals surface area contributed by atoms with E-state index >= 15 is 0 Å². The minimum atomic E-state index is 0.390. The van der Waals surface area contributed by atoms with Crippen LogP contribution in [0.3, 0.4) is 0 Å². The van der Waals surface area contributed by atoms with Crippen LogP contribution in [0.5, 0.6) is 5.75 Å². The number of anilines is 2. The first-order chi connectivity index (χ1) is 10.2. The lowest BCUT2D eigenvalue weighted by molar-refractivity contribution is 0.317. The normalized spacial score (nSPS) is 17.6. The summed E-state index contributed by atoms with van der Waals surface area (Å²) in [5, 5.41) is 2.19. The highest BCUT2D eigenvalue weighted by Gasteiger charge is 2.25. The molecule has 3 rings (SSSR count). The molecule has 0 aliphatic carbocycles. The molecule has 2 N–H and O–H groups in total. The van der Waals surface area contributed by atoms with Gasteiger partial charge in [0.25, 0.3) is 0 Å². The zero-order valence-corrected chi connectivity index (χ0v) is 13.5. The second-order valence-corrected chi connectivity index (χ2v) is 6.53. The van der Waals surface area contributed by atoms with E-state index in [0.29, 0.717) is 6.04 Å². The van der Waals surface area contributed by atoms with Crippen LogP contribution in [0.2, 0.25) is 0 Å². The van der Waals surface area contributed by atoms with Crippen LogP contribution in [0.15, 0.2) is 29.6 Å². The predicted octanol–water partition coefficient (Wildman–Crippen LogP) is 4.24. The van der Waals surface area contributed by atoms with Gasteiger partial charge in [-0.2, -0.15) is 0 Å². The van der Waals surface area contributed by atoms with Crippen molar-refractivity contribution in [3.63, 3.8) is 0 Å². The number of rotatable bonds is 4. The van der Waals surface area contributed by atoms with Crippen LogP contribution in [0.25, 0.3) is 0 Å². The van der Waals surface area contributed by atoms with E-state index in [1.54, 1.807) is 0 Å². The fourth-order valence-electron chi connectivity index (χ4n) is 2.94. The predicted molar refractivity (Wildman–Crippen MR) is 90.4 cm³/mol. The van der Waals surface area contributed by atoms with Crippen molar-refractivity contribution in [2.75, 3.05) is 23.8 Å². The zero-order chi connectivity index (χ0) is 14.8. The third-order valence-electron chi connectivity index (χ3n) is 4.00. The molecular weight excluding hydrogens is 280 g/mol. The van der Waals surface area contributed by atoms with Crippen LogP contribution in [-0.4, -0.2) is 13.2 Å². The molecule has 1 aromatic heterocycles. The van der Waals surface area contributed by atoms with Gasteiger partial charge < -0.3 is 15.4 Å². The smallest absolute Gasteiger partial charge is 0.123 e. The van der Waals surface area contributed by atoms with Crippen molar-refractivity contribution in [3.8, 4) is 5.75 Å². The van der Waals surface area contributed by atoms with E-state index in [1.807, 2.05) is 23.5 Å². The van der Waals surface area contributed by atoms with Crippen LogP contribution in [-0.2, 0) is 6.42 Å². The number of nitrogens with two attached hydrogens (primary N) is 1. The lowest BCUT2D eigenvalue weighted by Gasteiger charge is -2.36. The lowest BCUT2D eigenvalue weighted by atomic mass is 10.0. The number of fused-ring (bicyclic) bond motifs is 1. The SMILES string of the molecule is CCCOc1cc(N)cc(N2CCc3sccc3C2C)c1. The first-order valence-corrected chi connectivity index (χ1v) is 8.43. The summed E-state index contributed by atoms with van der Waals surface area (Å²) in [5.41, 5.74) is 9.43. The molecule has 0 radical (unpaired) electrons. The monoisotopic (exact) mass is 302 g/mol. The summed E-state index contributed by atoms with van der Waals surface area (Å²) >= 11 is 1.87. The van der Waals surface area contributed by atoms with Gasteiger partial charge >= 0.3 is 0 Å². The molecule has 1 aromatic carbocycles. The summed E-state index contributed by atoms with van der Waals surface area (Å²) in [6.07, 6.45) is 2.11. The second kappa shape index (κ2) is 5.98. The summed E-state index contributed by atoms with van der Waals surface area (Å²) in [7, 11) is 0. The maximum Gasteiger partial charge on any atom is 0.123 e.